The number of amidine groups is 1. The van der Waals surface area contributed by atoms with Crippen LogP contribution in [0.5, 0.6) is 17.5 Å². The molecule has 0 amide bonds. The van der Waals surface area contributed by atoms with Crippen molar-refractivity contribution >= 4 is 28.5 Å². The summed E-state index contributed by atoms with van der Waals surface area (Å²) in [6.45, 7) is 7.67. The molecular formula is C24H29FN8O5S. The third-order valence-corrected chi connectivity index (χ3v) is 7.54. The van der Waals surface area contributed by atoms with Crippen molar-refractivity contribution in [2.45, 2.75) is 26.0 Å². The van der Waals surface area contributed by atoms with Gasteiger partial charge in [-0.2, -0.15) is 0 Å². The molecule has 0 radical (unpaired) electrons. The van der Waals surface area contributed by atoms with Crippen molar-refractivity contribution in [2.75, 3.05) is 26.1 Å². The lowest BCUT2D eigenvalue weighted by molar-refractivity contribution is 0.379. The van der Waals surface area contributed by atoms with Gasteiger partial charge in [-0.05, 0) is 26.6 Å². The zero-order chi connectivity index (χ0) is 28.7. The van der Waals surface area contributed by atoms with Crippen molar-refractivity contribution in [1.82, 2.24) is 24.7 Å². The molecule has 208 valence electrons. The van der Waals surface area contributed by atoms with Crippen LogP contribution in [0.15, 0.2) is 52.5 Å². The molecule has 3 rings (SSSR count). The number of nitrogens with zero attached hydrogens (tertiary/aromatic N) is 7. The van der Waals surface area contributed by atoms with Crippen LogP contribution in [0.25, 0.3) is 17.2 Å². The molecule has 0 aliphatic heterocycles. The topological polar surface area (TPSA) is 155 Å². The van der Waals surface area contributed by atoms with Crippen LogP contribution in [0.4, 0.5) is 10.3 Å². The zero-order valence-corrected chi connectivity index (χ0v) is 23.1. The number of hydrogen-bond donors (Lipinski definition) is 1. The second-order valence-electron chi connectivity index (χ2n) is 8.12. The third kappa shape index (κ3) is 6.37. The molecule has 3 aromatic rings. The highest BCUT2D eigenvalue weighted by Crippen LogP contribution is 2.36. The number of aliphatic imine (C=N–C) groups is 2. The fourth-order valence-corrected chi connectivity index (χ4v) is 4.71. The van der Waals surface area contributed by atoms with E-state index in [1.54, 1.807) is 31.2 Å². The predicted octanol–water partition coefficient (Wildman–Crippen LogP) is 3.45. The Morgan fingerprint density at radius 3 is 2.51 bits per heavy atom. The lowest BCUT2D eigenvalue weighted by Gasteiger charge is -2.21. The molecule has 0 spiro atoms. The first-order valence-electron chi connectivity index (χ1n) is 11.5. The Morgan fingerprint density at radius 2 is 1.90 bits per heavy atom. The van der Waals surface area contributed by atoms with Crippen LogP contribution in [0.3, 0.4) is 0 Å². The molecule has 0 bridgehead atoms. The number of halogens is 1. The van der Waals surface area contributed by atoms with Crippen LogP contribution in [-0.2, 0) is 10.0 Å². The van der Waals surface area contributed by atoms with E-state index >= 15 is 0 Å². The summed E-state index contributed by atoms with van der Waals surface area (Å²) in [6.07, 6.45) is 2.41. The summed E-state index contributed by atoms with van der Waals surface area (Å²) in [6, 6.07) is 6.57. The van der Waals surface area contributed by atoms with E-state index in [-0.39, 0.29) is 29.2 Å². The van der Waals surface area contributed by atoms with E-state index in [9.17, 15) is 12.8 Å². The van der Waals surface area contributed by atoms with E-state index in [0.29, 0.717) is 17.3 Å². The fourth-order valence-electron chi connectivity index (χ4n) is 3.48. The van der Waals surface area contributed by atoms with Crippen molar-refractivity contribution in [1.29, 1.82) is 0 Å². The van der Waals surface area contributed by atoms with Crippen LogP contribution in [0, 0.1) is 5.92 Å². The van der Waals surface area contributed by atoms with Gasteiger partial charge in [-0.15, -0.1) is 10.2 Å². The predicted molar refractivity (Wildman–Crippen MR) is 145 cm³/mol. The molecule has 0 fully saturated rings. The van der Waals surface area contributed by atoms with Crippen LogP contribution >= 0.6 is 0 Å². The van der Waals surface area contributed by atoms with Crippen LogP contribution in [0.1, 0.15) is 20.8 Å². The first kappa shape index (κ1) is 29.2. The fraction of sp³-hybridized carbons (Fsp3) is 0.333. The van der Waals surface area contributed by atoms with Gasteiger partial charge in [-0.25, -0.2) is 32.8 Å². The zero-order valence-electron chi connectivity index (χ0n) is 22.3. The number of sulfonamides is 1. The summed E-state index contributed by atoms with van der Waals surface area (Å²) in [5.74, 6) is -0.623. The van der Waals surface area contributed by atoms with Crippen molar-refractivity contribution < 1.29 is 27.0 Å². The molecule has 0 aliphatic rings. The highest BCUT2D eigenvalue weighted by atomic mass is 32.2. The maximum absolute atomic E-state index is 13.5. The number of nitrogens with one attached hydrogen (secondary N) is 1. The van der Waals surface area contributed by atoms with Gasteiger partial charge in [-0.1, -0.05) is 13.0 Å². The molecule has 3 aromatic heterocycles. The highest BCUT2D eigenvalue weighted by Gasteiger charge is 2.33. The van der Waals surface area contributed by atoms with Gasteiger partial charge in [0.2, 0.25) is 27.7 Å². The van der Waals surface area contributed by atoms with Gasteiger partial charge in [0.15, 0.2) is 11.5 Å². The van der Waals surface area contributed by atoms with Gasteiger partial charge in [0.1, 0.15) is 23.1 Å². The molecule has 13 nitrogen and oxygen atoms in total. The van der Waals surface area contributed by atoms with E-state index in [1.165, 1.54) is 45.9 Å². The molecule has 2 atom stereocenters. The Hall–Kier alpha value is -4.40. The van der Waals surface area contributed by atoms with E-state index < -0.39 is 27.0 Å². The average molecular weight is 561 g/mol. The summed E-state index contributed by atoms with van der Waals surface area (Å²) in [4.78, 5) is 16.3. The van der Waals surface area contributed by atoms with Gasteiger partial charge < -0.3 is 14.2 Å². The molecule has 39 heavy (non-hydrogen) atoms. The molecule has 0 aliphatic carbocycles. The largest absolute Gasteiger partial charge is 0.494 e. The van der Waals surface area contributed by atoms with Crippen molar-refractivity contribution in [3.63, 3.8) is 0 Å². The second-order valence-corrected chi connectivity index (χ2v) is 10.2. The quantitative estimate of drug-likeness (QED) is 0.274. The Labute approximate surface area is 225 Å². The molecule has 3 heterocycles. The Bertz CT molecular complexity index is 1480. The Balaban J connectivity index is 2.18. The Kier molecular flexibility index (Phi) is 9.29. The van der Waals surface area contributed by atoms with Crippen molar-refractivity contribution in [3.8, 4) is 34.7 Å². The first-order chi connectivity index (χ1) is 18.6. The minimum atomic E-state index is -4.16. The number of ether oxygens (including phenoxy) is 3. The minimum Gasteiger partial charge on any atom is -0.494 e. The smallest absolute Gasteiger partial charge is 0.243 e. The highest BCUT2D eigenvalue weighted by molar-refractivity contribution is 7.93. The van der Waals surface area contributed by atoms with Crippen LogP contribution in [0.2, 0.25) is 0 Å². The summed E-state index contributed by atoms with van der Waals surface area (Å²) >= 11 is 0. The van der Waals surface area contributed by atoms with Gasteiger partial charge in [0.05, 0.1) is 32.8 Å². The number of hydrogen-bond acceptors (Lipinski definition) is 10. The lowest BCUT2D eigenvalue weighted by atomic mass is 10.1. The standard InChI is InChI=1S/C24H29FN8O5S/c1-14(25)13-28-21(26-4)15(2)16(3)39(34,35)32-24-31-30-22(17-9-8-10-19(29-17)37-6)33(24)20-18(36-5)11-12-27-23(20)38-7/h8-13,15-16H,4H2,1-3,5-7H3,(H,31,32)/b14-13+,28-21?/t15-,16-/m0/s1. The number of methoxy groups -OCH3 is 3. The molecule has 0 saturated heterocycles. The van der Waals surface area contributed by atoms with Gasteiger partial charge in [-0.3, -0.25) is 9.29 Å². The number of allylic oxidation sites excluding steroid dienone is 1. The van der Waals surface area contributed by atoms with Gasteiger partial charge in [0.25, 0.3) is 0 Å². The molecule has 0 aromatic carbocycles. The normalized spacial score (nSPS) is 13.9. The summed E-state index contributed by atoms with van der Waals surface area (Å²) in [5, 5.41) is 7.21. The van der Waals surface area contributed by atoms with Crippen molar-refractivity contribution in [3.05, 3.63) is 42.5 Å². The molecule has 15 heteroatoms. The van der Waals surface area contributed by atoms with Crippen LogP contribution < -0.4 is 18.9 Å². The molecule has 0 unspecified atom stereocenters. The molecule has 1 N–H and O–H groups in total. The van der Waals surface area contributed by atoms with Gasteiger partial charge >= 0.3 is 0 Å². The second kappa shape index (κ2) is 12.4. The maximum Gasteiger partial charge on any atom is 0.243 e. The summed E-state index contributed by atoms with van der Waals surface area (Å²) in [7, 11) is 0.151. The minimum absolute atomic E-state index is 0.0446. The number of rotatable bonds is 11. The first-order valence-corrected chi connectivity index (χ1v) is 13.0. The molecule has 0 saturated carbocycles. The van der Waals surface area contributed by atoms with Crippen molar-refractivity contribution in [2.24, 2.45) is 15.9 Å². The summed E-state index contributed by atoms with van der Waals surface area (Å²) < 4.78 is 60.3. The van der Waals surface area contributed by atoms with E-state index in [0.717, 1.165) is 6.20 Å². The van der Waals surface area contributed by atoms with Crippen LogP contribution in [-0.4, -0.2) is 72.3 Å². The molecular weight excluding hydrogens is 531 g/mol. The number of pyridine rings is 2. The average Bonchev–Trinajstić information content (AvgIpc) is 3.34. The number of aromatic nitrogens is 5. The van der Waals surface area contributed by atoms with Gasteiger partial charge in [0, 0.05) is 24.2 Å². The van der Waals surface area contributed by atoms with E-state index in [1.807, 2.05) is 0 Å². The Morgan fingerprint density at radius 1 is 1.15 bits per heavy atom. The lowest BCUT2D eigenvalue weighted by Crippen LogP contribution is -2.35. The number of anilines is 1. The third-order valence-electron chi connectivity index (χ3n) is 5.69. The van der Waals surface area contributed by atoms with E-state index in [2.05, 4.69) is 41.6 Å². The summed E-state index contributed by atoms with van der Waals surface area (Å²) in [5.41, 5.74) is 0.546. The monoisotopic (exact) mass is 560 g/mol. The maximum atomic E-state index is 13.5. The SMILES string of the molecule is C=NC(=N/C=C(\C)F)[C@@H](C)[C@H](C)S(=O)(=O)Nc1nnc(-c2cccc(OC)n2)n1-c1c(OC)ccnc1OC. The van der Waals surface area contributed by atoms with E-state index in [4.69, 9.17) is 14.2 Å².